The van der Waals surface area contributed by atoms with Crippen LogP contribution in [0, 0.1) is 5.82 Å². The molecule has 3 aromatic rings. The molecule has 1 amide bonds. The maximum absolute atomic E-state index is 14.4. The lowest BCUT2D eigenvalue weighted by Gasteiger charge is -2.12. The van der Waals surface area contributed by atoms with Crippen LogP contribution in [0.2, 0.25) is 0 Å². The van der Waals surface area contributed by atoms with Crippen molar-refractivity contribution in [1.82, 2.24) is 9.55 Å². The zero-order chi connectivity index (χ0) is 19.6. The summed E-state index contributed by atoms with van der Waals surface area (Å²) in [6.45, 7) is 0. The van der Waals surface area contributed by atoms with Gasteiger partial charge < -0.3 is 15.2 Å². The fourth-order valence-electron chi connectivity index (χ4n) is 2.72. The summed E-state index contributed by atoms with van der Waals surface area (Å²) in [5, 5.41) is 0. The van der Waals surface area contributed by atoms with Gasteiger partial charge >= 0.3 is 5.97 Å². The van der Waals surface area contributed by atoms with Crippen molar-refractivity contribution in [3.05, 3.63) is 66.0 Å². The lowest BCUT2D eigenvalue weighted by molar-refractivity contribution is 0.0594. The van der Waals surface area contributed by atoms with Crippen molar-refractivity contribution in [3.63, 3.8) is 0 Å². The predicted octanol–water partition coefficient (Wildman–Crippen LogP) is 2.57. The van der Waals surface area contributed by atoms with Gasteiger partial charge in [-0.05, 0) is 29.8 Å². The summed E-state index contributed by atoms with van der Waals surface area (Å²) in [6.07, 6.45) is 1.34. The second-order valence-electron chi connectivity index (χ2n) is 5.54. The molecule has 0 aliphatic carbocycles. The number of carbonyl (C=O) groups is 2. The molecule has 3 rings (SSSR count). The third-order valence-corrected chi connectivity index (χ3v) is 3.93. The first-order chi connectivity index (χ1) is 13.0. The van der Waals surface area contributed by atoms with E-state index in [2.05, 4.69) is 9.72 Å². The van der Waals surface area contributed by atoms with Gasteiger partial charge in [0.05, 0.1) is 19.8 Å². The number of benzene rings is 2. The van der Waals surface area contributed by atoms with E-state index in [-0.39, 0.29) is 17.1 Å². The van der Waals surface area contributed by atoms with Crippen LogP contribution < -0.4 is 10.5 Å². The molecule has 27 heavy (non-hydrogen) atoms. The van der Waals surface area contributed by atoms with Gasteiger partial charge in [-0.15, -0.1) is 0 Å². The fourth-order valence-corrected chi connectivity index (χ4v) is 2.72. The zero-order valence-electron chi connectivity index (χ0n) is 14.6. The molecule has 0 bridgehead atoms. The van der Waals surface area contributed by atoms with E-state index < -0.39 is 17.7 Å². The number of hydrogen-bond donors (Lipinski definition) is 1. The van der Waals surface area contributed by atoms with Crippen molar-refractivity contribution in [2.75, 3.05) is 14.2 Å². The van der Waals surface area contributed by atoms with Gasteiger partial charge in [-0.2, -0.15) is 0 Å². The standard InChI is InChI=1S/C19H16FN3O4/c1-26-15-8-4-7-13(20)16(15)11-5-3-6-12(9-11)23-10-14(19(25)27-2)22-18(23)17(21)24/h3-10H,1-2H3,(H2,21,24). The Balaban J connectivity index is 2.16. The fraction of sp³-hybridized carbons (Fsp3) is 0.105. The van der Waals surface area contributed by atoms with E-state index in [0.717, 1.165) is 0 Å². The summed E-state index contributed by atoms with van der Waals surface area (Å²) in [4.78, 5) is 27.4. The molecule has 0 atom stereocenters. The highest BCUT2D eigenvalue weighted by Gasteiger charge is 2.20. The Morgan fingerprint density at radius 1 is 1.15 bits per heavy atom. The van der Waals surface area contributed by atoms with E-state index in [1.807, 2.05) is 0 Å². The summed E-state index contributed by atoms with van der Waals surface area (Å²) >= 11 is 0. The Morgan fingerprint density at radius 3 is 2.56 bits per heavy atom. The summed E-state index contributed by atoms with van der Waals surface area (Å²) in [5.41, 5.74) is 6.56. The van der Waals surface area contributed by atoms with E-state index in [9.17, 15) is 14.0 Å². The first-order valence-electron chi connectivity index (χ1n) is 7.87. The van der Waals surface area contributed by atoms with E-state index in [0.29, 0.717) is 17.0 Å². The number of nitrogens with two attached hydrogens (primary N) is 1. The maximum Gasteiger partial charge on any atom is 0.358 e. The Hall–Kier alpha value is -3.68. The number of nitrogens with zero attached hydrogens (tertiary/aromatic N) is 2. The third kappa shape index (κ3) is 3.37. The summed E-state index contributed by atoms with van der Waals surface area (Å²) in [6, 6.07) is 11.2. The average molecular weight is 369 g/mol. The third-order valence-electron chi connectivity index (χ3n) is 3.93. The number of hydrogen-bond acceptors (Lipinski definition) is 5. The van der Waals surface area contributed by atoms with Crippen LogP contribution in [0.3, 0.4) is 0 Å². The second-order valence-corrected chi connectivity index (χ2v) is 5.54. The van der Waals surface area contributed by atoms with Gasteiger partial charge in [-0.1, -0.05) is 18.2 Å². The molecular weight excluding hydrogens is 353 g/mol. The second kappa shape index (κ2) is 7.28. The highest BCUT2D eigenvalue weighted by atomic mass is 19.1. The number of ether oxygens (including phenoxy) is 2. The molecule has 2 N–H and O–H groups in total. The van der Waals surface area contributed by atoms with E-state index in [1.165, 1.54) is 31.0 Å². The molecule has 138 valence electrons. The number of imidazole rings is 1. The number of amides is 1. The molecule has 0 unspecified atom stereocenters. The minimum Gasteiger partial charge on any atom is -0.496 e. The topological polar surface area (TPSA) is 96.4 Å². The molecular formula is C19H16FN3O4. The van der Waals surface area contributed by atoms with Crippen LogP contribution in [0.4, 0.5) is 4.39 Å². The van der Waals surface area contributed by atoms with Crippen LogP contribution in [0.5, 0.6) is 5.75 Å². The summed E-state index contributed by atoms with van der Waals surface area (Å²) in [5.74, 6) is -1.76. The minimum absolute atomic E-state index is 0.0693. The Labute approximate surface area is 154 Å². The molecule has 7 nitrogen and oxygen atoms in total. The maximum atomic E-state index is 14.4. The normalized spacial score (nSPS) is 10.5. The van der Waals surface area contributed by atoms with Gasteiger partial charge in [0.25, 0.3) is 5.91 Å². The number of halogens is 1. The molecule has 0 aliphatic heterocycles. The first kappa shape index (κ1) is 18.1. The van der Waals surface area contributed by atoms with Crippen molar-refractivity contribution in [2.45, 2.75) is 0 Å². The van der Waals surface area contributed by atoms with Crippen LogP contribution in [-0.2, 0) is 4.74 Å². The highest BCUT2D eigenvalue weighted by Crippen LogP contribution is 2.33. The van der Waals surface area contributed by atoms with Crippen LogP contribution in [-0.4, -0.2) is 35.6 Å². The van der Waals surface area contributed by atoms with Crippen molar-refractivity contribution in [1.29, 1.82) is 0 Å². The van der Waals surface area contributed by atoms with Gasteiger partial charge in [-0.25, -0.2) is 14.2 Å². The summed E-state index contributed by atoms with van der Waals surface area (Å²) in [7, 11) is 2.65. The molecule has 0 radical (unpaired) electrons. The monoisotopic (exact) mass is 369 g/mol. The van der Waals surface area contributed by atoms with Gasteiger partial charge in [0.1, 0.15) is 11.6 Å². The first-order valence-corrected chi connectivity index (χ1v) is 7.87. The number of rotatable bonds is 5. The molecule has 1 heterocycles. The van der Waals surface area contributed by atoms with Crippen LogP contribution in [0.15, 0.2) is 48.7 Å². The Kier molecular flexibility index (Phi) is 4.89. The molecule has 0 spiro atoms. The van der Waals surface area contributed by atoms with E-state index in [1.54, 1.807) is 36.4 Å². The van der Waals surface area contributed by atoms with Gasteiger partial charge in [0.2, 0.25) is 5.82 Å². The largest absolute Gasteiger partial charge is 0.496 e. The van der Waals surface area contributed by atoms with Gasteiger partial charge in [-0.3, -0.25) is 9.36 Å². The lowest BCUT2D eigenvalue weighted by atomic mass is 10.0. The van der Waals surface area contributed by atoms with Crippen LogP contribution in [0.25, 0.3) is 16.8 Å². The molecule has 8 heteroatoms. The minimum atomic E-state index is -0.820. The highest BCUT2D eigenvalue weighted by molar-refractivity contribution is 5.93. The van der Waals surface area contributed by atoms with Crippen molar-refractivity contribution in [3.8, 4) is 22.6 Å². The Morgan fingerprint density at radius 2 is 1.89 bits per heavy atom. The number of esters is 1. The molecule has 1 aromatic heterocycles. The lowest BCUT2D eigenvalue weighted by Crippen LogP contribution is -2.17. The average Bonchev–Trinajstić information content (AvgIpc) is 3.13. The van der Waals surface area contributed by atoms with Gasteiger partial charge in [0.15, 0.2) is 5.69 Å². The molecule has 2 aromatic carbocycles. The quantitative estimate of drug-likeness (QED) is 0.697. The van der Waals surface area contributed by atoms with Crippen molar-refractivity contribution >= 4 is 11.9 Å². The number of carbonyl (C=O) groups excluding carboxylic acids is 2. The van der Waals surface area contributed by atoms with Crippen molar-refractivity contribution < 1.29 is 23.5 Å². The zero-order valence-corrected chi connectivity index (χ0v) is 14.6. The summed E-state index contributed by atoms with van der Waals surface area (Å²) < 4.78 is 25.6. The Bertz CT molecular complexity index is 1030. The van der Waals surface area contributed by atoms with E-state index >= 15 is 0 Å². The van der Waals surface area contributed by atoms with E-state index in [4.69, 9.17) is 10.5 Å². The van der Waals surface area contributed by atoms with Gasteiger partial charge in [0, 0.05) is 11.9 Å². The smallest absolute Gasteiger partial charge is 0.358 e. The molecule has 0 aliphatic rings. The van der Waals surface area contributed by atoms with Crippen molar-refractivity contribution in [2.24, 2.45) is 5.73 Å². The molecule has 0 saturated carbocycles. The number of aromatic nitrogens is 2. The predicted molar refractivity (Wildman–Crippen MR) is 95.4 cm³/mol. The molecule has 0 fully saturated rings. The molecule has 0 saturated heterocycles. The van der Waals surface area contributed by atoms with Crippen LogP contribution in [0.1, 0.15) is 21.1 Å². The number of methoxy groups -OCH3 is 2. The van der Waals surface area contributed by atoms with Crippen LogP contribution >= 0.6 is 0 Å². The number of primary amides is 1. The SMILES string of the molecule is COC(=O)c1cn(-c2cccc(-c3c(F)cccc3OC)c2)c(C(N)=O)n1.